The molecule has 0 bridgehead atoms. The second kappa shape index (κ2) is 10.0. The monoisotopic (exact) mass is 448 g/mol. The van der Waals surface area contributed by atoms with Crippen molar-refractivity contribution >= 4 is 29.5 Å². The molecule has 2 aliphatic rings. The lowest BCUT2D eigenvalue weighted by Crippen LogP contribution is -2.63. The van der Waals surface area contributed by atoms with E-state index in [2.05, 4.69) is 16.0 Å². The third-order valence-corrected chi connectivity index (χ3v) is 6.55. The van der Waals surface area contributed by atoms with Crippen molar-refractivity contribution in [3.8, 4) is 0 Å². The van der Waals surface area contributed by atoms with Crippen molar-refractivity contribution in [2.75, 3.05) is 18.9 Å². The average molecular weight is 449 g/mol. The van der Waals surface area contributed by atoms with Gasteiger partial charge >= 0.3 is 0 Å². The molecule has 2 saturated heterocycles. The molecular formula is C22H32N4O4S. The molecule has 4 atom stereocenters. The summed E-state index contributed by atoms with van der Waals surface area (Å²) in [6.45, 7) is 5.81. The van der Waals surface area contributed by atoms with Gasteiger partial charge in [-0.15, -0.1) is 11.8 Å². The van der Waals surface area contributed by atoms with E-state index in [1.165, 1.54) is 0 Å². The van der Waals surface area contributed by atoms with E-state index in [1.54, 1.807) is 11.8 Å². The van der Waals surface area contributed by atoms with Gasteiger partial charge < -0.3 is 21.1 Å². The largest absolute Gasteiger partial charge is 0.394 e. The first-order chi connectivity index (χ1) is 14.7. The highest BCUT2D eigenvalue weighted by Gasteiger charge is 2.45. The number of fused-ring (bicyclic) bond motifs is 1. The van der Waals surface area contributed by atoms with E-state index in [0.717, 1.165) is 11.3 Å². The Bertz CT molecular complexity index is 798. The zero-order chi connectivity index (χ0) is 22.6. The maximum absolute atomic E-state index is 13.4. The van der Waals surface area contributed by atoms with Crippen LogP contribution in [-0.2, 0) is 14.4 Å². The lowest BCUT2D eigenvalue weighted by molar-refractivity contribution is -0.133. The van der Waals surface area contributed by atoms with Crippen LogP contribution in [-0.4, -0.2) is 76.3 Å². The van der Waals surface area contributed by atoms with Crippen molar-refractivity contribution in [3.05, 3.63) is 30.3 Å². The molecule has 0 aromatic heterocycles. The van der Waals surface area contributed by atoms with Crippen LogP contribution in [0.15, 0.2) is 35.2 Å². The zero-order valence-electron chi connectivity index (χ0n) is 18.3. The van der Waals surface area contributed by atoms with Crippen LogP contribution in [0.2, 0.25) is 0 Å². The van der Waals surface area contributed by atoms with Crippen LogP contribution in [0.5, 0.6) is 0 Å². The van der Waals surface area contributed by atoms with Crippen LogP contribution >= 0.6 is 11.8 Å². The maximum Gasteiger partial charge on any atom is 0.245 e. The number of nitrogens with one attached hydrogen (secondary N) is 3. The van der Waals surface area contributed by atoms with Crippen molar-refractivity contribution in [1.82, 2.24) is 20.9 Å². The molecule has 1 aromatic carbocycles. The minimum atomic E-state index is -1.04. The van der Waals surface area contributed by atoms with Gasteiger partial charge in [-0.05, 0) is 52.3 Å². The van der Waals surface area contributed by atoms with Crippen LogP contribution in [0.25, 0.3) is 0 Å². The van der Waals surface area contributed by atoms with Gasteiger partial charge in [-0.3, -0.25) is 19.3 Å². The molecule has 2 fully saturated rings. The molecule has 0 radical (unpaired) electrons. The number of hydrogen-bond acceptors (Lipinski definition) is 6. The fraction of sp³-hybridized carbons (Fsp3) is 0.591. The molecule has 3 rings (SSSR count). The third-order valence-electron chi connectivity index (χ3n) is 5.42. The van der Waals surface area contributed by atoms with E-state index in [9.17, 15) is 19.5 Å². The minimum Gasteiger partial charge on any atom is -0.394 e. The Hall–Kier alpha value is -2.10. The summed E-state index contributed by atoms with van der Waals surface area (Å²) in [4.78, 5) is 42.1. The van der Waals surface area contributed by atoms with Gasteiger partial charge in [0.05, 0.1) is 18.7 Å². The Morgan fingerprint density at radius 3 is 2.55 bits per heavy atom. The Balaban J connectivity index is 1.95. The molecule has 2 aliphatic heterocycles. The molecule has 4 N–H and O–H groups in total. The fourth-order valence-electron chi connectivity index (χ4n) is 4.07. The zero-order valence-corrected chi connectivity index (χ0v) is 19.1. The summed E-state index contributed by atoms with van der Waals surface area (Å²) in [6.07, 6.45) is 1.39. The maximum atomic E-state index is 13.4. The van der Waals surface area contributed by atoms with Gasteiger partial charge in [0.2, 0.25) is 17.7 Å². The van der Waals surface area contributed by atoms with E-state index in [0.29, 0.717) is 18.7 Å². The molecule has 8 nitrogen and oxygen atoms in total. The standard InChI is InChI=1S/C22H32N4O4S/c1-22(2,3)25-21(30)18-16(13-31-14-8-5-4-6-9-14)24-19(28)15(12-27)23-20(29)17-10-7-11-26(17)18/h4-6,8-9,15-18,27H,7,10-13H2,1-3H3,(H,23,29)(H,24,28)(H,25,30)/t15-,16-,17-,18-/m0/s1. The van der Waals surface area contributed by atoms with Gasteiger partial charge in [0.25, 0.3) is 0 Å². The Morgan fingerprint density at radius 1 is 1.19 bits per heavy atom. The summed E-state index contributed by atoms with van der Waals surface area (Å²) >= 11 is 1.55. The molecule has 0 spiro atoms. The summed E-state index contributed by atoms with van der Waals surface area (Å²) < 4.78 is 0. The Morgan fingerprint density at radius 2 is 1.90 bits per heavy atom. The van der Waals surface area contributed by atoms with Crippen LogP contribution in [0, 0.1) is 0 Å². The number of aliphatic hydroxyl groups excluding tert-OH is 1. The molecule has 170 valence electrons. The fourth-order valence-corrected chi connectivity index (χ4v) is 5.06. The second-order valence-corrected chi connectivity index (χ2v) is 10.2. The number of thioether (sulfide) groups is 1. The van der Waals surface area contributed by atoms with E-state index in [-0.39, 0.29) is 11.8 Å². The number of rotatable bonds is 5. The van der Waals surface area contributed by atoms with Crippen molar-refractivity contribution in [1.29, 1.82) is 0 Å². The van der Waals surface area contributed by atoms with Crippen LogP contribution in [0.1, 0.15) is 33.6 Å². The highest BCUT2D eigenvalue weighted by molar-refractivity contribution is 7.99. The third kappa shape index (κ3) is 5.99. The quantitative estimate of drug-likeness (QED) is 0.489. The summed E-state index contributed by atoms with van der Waals surface area (Å²) in [5, 5.41) is 18.3. The highest BCUT2D eigenvalue weighted by atomic mass is 32.2. The number of amides is 3. The minimum absolute atomic E-state index is 0.214. The molecule has 31 heavy (non-hydrogen) atoms. The van der Waals surface area contributed by atoms with Crippen LogP contribution in [0.4, 0.5) is 0 Å². The first-order valence-corrected chi connectivity index (χ1v) is 11.7. The number of benzene rings is 1. The van der Waals surface area contributed by atoms with Gasteiger partial charge in [-0.25, -0.2) is 0 Å². The number of hydrogen-bond donors (Lipinski definition) is 4. The number of nitrogens with zero attached hydrogens (tertiary/aromatic N) is 1. The predicted octanol–water partition coefficient (Wildman–Crippen LogP) is 0.502. The summed E-state index contributed by atoms with van der Waals surface area (Å²) in [7, 11) is 0. The molecule has 0 aliphatic carbocycles. The van der Waals surface area contributed by atoms with Gasteiger partial charge in [0.15, 0.2) is 0 Å². The average Bonchev–Trinajstić information content (AvgIpc) is 3.19. The van der Waals surface area contributed by atoms with E-state index >= 15 is 0 Å². The smallest absolute Gasteiger partial charge is 0.245 e. The molecule has 2 heterocycles. The van der Waals surface area contributed by atoms with E-state index in [4.69, 9.17) is 0 Å². The number of aliphatic hydroxyl groups is 1. The van der Waals surface area contributed by atoms with Gasteiger partial charge in [0, 0.05) is 16.2 Å². The summed E-state index contributed by atoms with van der Waals surface area (Å²) in [5.41, 5.74) is -0.457. The number of carbonyl (C=O) groups excluding carboxylic acids is 3. The van der Waals surface area contributed by atoms with Gasteiger partial charge in [-0.1, -0.05) is 18.2 Å². The summed E-state index contributed by atoms with van der Waals surface area (Å²) in [5.74, 6) is -0.567. The molecular weight excluding hydrogens is 416 g/mol. The molecule has 3 amide bonds. The van der Waals surface area contributed by atoms with E-state index in [1.807, 2.05) is 56.0 Å². The summed E-state index contributed by atoms with van der Waals surface area (Å²) in [6, 6.07) is 6.98. The lowest BCUT2D eigenvalue weighted by Gasteiger charge is -2.37. The Kier molecular flexibility index (Phi) is 7.61. The topological polar surface area (TPSA) is 111 Å². The van der Waals surface area contributed by atoms with Gasteiger partial charge in [0.1, 0.15) is 12.1 Å². The van der Waals surface area contributed by atoms with E-state index < -0.39 is 42.2 Å². The van der Waals surface area contributed by atoms with Crippen LogP contribution in [0.3, 0.4) is 0 Å². The molecule has 9 heteroatoms. The lowest BCUT2D eigenvalue weighted by atomic mass is 10.0. The predicted molar refractivity (Wildman–Crippen MR) is 120 cm³/mol. The number of carbonyl (C=O) groups is 3. The first-order valence-electron chi connectivity index (χ1n) is 10.7. The normalized spacial score (nSPS) is 27.4. The second-order valence-electron chi connectivity index (χ2n) is 9.06. The first kappa shape index (κ1) is 23.6. The van der Waals surface area contributed by atoms with Crippen molar-refractivity contribution < 1.29 is 19.5 Å². The molecule has 0 unspecified atom stereocenters. The molecule has 0 saturated carbocycles. The van der Waals surface area contributed by atoms with Crippen molar-refractivity contribution in [2.45, 2.75) is 68.2 Å². The molecule has 1 aromatic rings. The van der Waals surface area contributed by atoms with Crippen molar-refractivity contribution in [2.24, 2.45) is 0 Å². The van der Waals surface area contributed by atoms with Gasteiger partial charge in [-0.2, -0.15) is 0 Å². The SMILES string of the molecule is CC(C)(C)NC(=O)[C@@H]1[C@H](CSc2ccccc2)NC(=O)[C@H](CO)NC(=O)[C@@H]2CCCN12. The highest BCUT2D eigenvalue weighted by Crippen LogP contribution is 2.27. The Labute approximate surface area is 187 Å². The van der Waals surface area contributed by atoms with Crippen molar-refractivity contribution in [3.63, 3.8) is 0 Å². The van der Waals surface area contributed by atoms with Crippen LogP contribution < -0.4 is 16.0 Å².